The van der Waals surface area contributed by atoms with Crippen LogP contribution in [0.4, 0.5) is 0 Å². The Morgan fingerprint density at radius 1 is 1.29 bits per heavy atom. The minimum atomic E-state index is 0.0970. The number of aromatic nitrogens is 1. The molecule has 0 unspecified atom stereocenters. The van der Waals surface area contributed by atoms with E-state index in [-0.39, 0.29) is 5.41 Å². The van der Waals surface area contributed by atoms with Crippen LogP contribution < -0.4 is 10.6 Å². The molecule has 2 rings (SSSR count). The normalized spacial score (nSPS) is 12.3. The Kier molecular flexibility index (Phi) is 6.63. The first-order chi connectivity index (χ1) is 11.4. The first kappa shape index (κ1) is 18.7. The maximum Gasteiger partial charge on any atom is 0.191 e. The Bertz CT molecular complexity index is 688. The van der Waals surface area contributed by atoms with E-state index in [1.807, 2.05) is 18.2 Å². The van der Waals surface area contributed by atoms with Crippen molar-refractivity contribution in [1.29, 1.82) is 0 Å². The van der Waals surface area contributed by atoms with E-state index in [2.05, 4.69) is 52.8 Å². The van der Waals surface area contributed by atoms with Crippen LogP contribution in [0.1, 0.15) is 37.0 Å². The fourth-order valence-corrected chi connectivity index (χ4v) is 3.27. The topological polar surface area (TPSA) is 49.3 Å². The van der Waals surface area contributed by atoms with Gasteiger partial charge in [-0.2, -0.15) is 0 Å². The minimum absolute atomic E-state index is 0.0970. The van der Waals surface area contributed by atoms with E-state index in [0.717, 1.165) is 34.6 Å². The van der Waals surface area contributed by atoms with Crippen molar-refractivity contribution in [3.05, 3.63) is 50.9 Å². The van der Waals surface area contributed by atoms with Gasteiger partial charge in [0.05, 0.1) is 17.2 Å². The molecule has 2 aromatic rings. The van der Waals surface area contributed by atoms with Crippen LogP contribution in [-0.2, 0) is 18.4 Å². The molecule has 1 aromatic carbocycles. The summed E-state index contributed by atoms with van der Waals surface area (Å²) < 4.78 is 0. The third-order valence-electron chi connectivity index (χ3n) is 3.45. The zero-order valence-corrected chi connectivity index (χ0v) is 16.3. The number of guanidine groups is 1. The first-order valence-electron chi connectivity index (χ1n) is 8.02. The van der Waals surface area contributed by atoms with Gasteiger partial charge < -0.3 is 10.6 Å². The predicted octanol–water partition coefficient (Wildman–Crippen LogP) is 4.00. The van der Waals surface area contributed by atoms with E-state index in [9.17, 15) is 0 Å². The van der Waals surface area contributed by atoms with Gasteiger partial charge in [-0.15, -0.1) is 11.3 Å². The number of hydrogen-bond acceptors (Lipinski definition) is 3. The van der Waals surface area contributed by atoms with E-state index in [1.165, 1.54) is 5.56 Å². The Morgan fingerprint density at radius 3 is 2.71 bits per heavy atom. The van der Waals surface area contributed by atoms with Gasteiger partial charge in [0.25, 0.3) is 0 Å². The van der Waals surface area contributed by atoms with Crippen molar-refractivity contribution < 1.29 is 0 Å². The zero-order valence-electron chi connectivity index (χ0n) is 14.7. The lowest BCUT2D eigenvalue weighted by atomic mass is 9.98. The van der Waals surface area contributed by atoms with E-state index < -0.39 is 0 Å². The summed E-state index contributed by atoms with van der Waals surface area (Å²) in [6.07, 6.45) is 0.895. The molecule has 0 bridgehead atoms. The second kappa shape index (κ2) is 8.49. The van der Waals surface area contributed by atoms with Crippen molar-refractivity contribution in [2.24, 2.45) is 4.99 Å². The van der Waals surface area contributed by atoms with E-state index in [1.54, 1.807) is 18.4 Å². The van der Waals surface area contributed by atoms with Crippen LogP contribution in [0.5, 0.6) is 0 Å². The van der Waals surface area contributed by atoms with Gasteiger partial charge in [-0.05, 0) is 24.1 Å². The van der Waals surface area contributed by atoms with Crippen molar-refractivity contribution >= 4 is 28.9 Å². The van der Waals surface area contributed by atoms with Crippen LogP contribution in [0.25, 0.3) is 0 Å². The number of halogens is 1. The number of rotatable bonds is 5. The minimum Gasteiger partial charge on any atom is -0.356 e. The highest BCUT2D eigenvalue weighted by atomic mass is 35.5. The largest absolute Gasteiger partial charge is 0.356 e. The number of nitrogens with zero attached hydrogens (tertiary/aromatic N) is 2. The van der Waals surface area contributed by atoms with Crippen molar-refractivity contribution in [3.63, 3.8) is 0 Å². The smallest absolute Gasteiger partial charge is 0.191 e. The van der Waals surface area contributed by atoms with Crippen molar-refractivity contribution in [3.8, 4) is 0 Å². The lowest BCUT2D eigenvalue weighted by Crippen LogP contribution is -2.37. The molecule has 130 valence electrons. The van der Waals surface area contributed by atoms with Gasteiger partial charge >= 0.3 is 0 Å². The summed E-state index contributed by atoms with van der Waals surface area (Å²) in [4.78, 5) is 8.94. The number of thiazole rings is 1. The summed E-state index contributed by atoms with van der Waals surface area (Å²) in [5, 5.41) is 10.7. The van der Waals surface area contributed by atoms with E-state index >= 15 is 0 Å². The van der Waals surface area contributed by atoms with Gasteiger partial charge in [0.15, 0.2) is 5.96 Å². The standard InChI is InChI=1S/C18H25ClN4S/c1-18(2,3)16-23-15(12-24-16)11-22-17(20-4)21-9-8-13-6-5-7-14(19)10-13/h5-7,10,12H,8-9,11H2,1-4H3,(H2,20,21,22). The number of hydrogen-bond donors (Lipinski definition) is 2. The maximum absolute atomic E-state index is 6.00. The third kappa shape index (κ3) is 5.80. The molecule has 6 heteroatoms. The molecule has 0 amide bonds. The van der Waals surface area contributed by atoms with Crippen LogP contribution in [0.2, 0.25) is 5.02 Å². The monoisotopic (exact) mass is 364 g/mol. The summed E-state index contributed by atoms with van der Waals surface area (Å²) in [5.41, 5.74) is 2.35. The molecule has 1 aromatic heterocycles. The quantitative estimate of drug-likeness (QED) is 0.622. The number of benzene rings is 1. The summed E-state index contributed by atoms with van der Waals surface area (Å²) >= 11 is 7.71. The fraction of sp³-hybridized carbons (Fsp3) is 0.444. The fourth-order valence-electron chi connectivity index (χ4n) is 2.15. The second-order valence-electron chi connectivity index (χ2n) is 6.63. The van der Waals surface area contributed by atoms with Crippen LogP contribution in [0.3, 0.4) is 0 Å². The van der Waals surface area contributed by atoms with Crippen molar-refractivity contribution in [2.45, 2.75) is 39.2 Å². The maximum atomic E-state index is 6.00. The molecular formula is C18H25ClN4S. The van der Waals surface area contributed by atoms with Crippen LogP contribution >= 0.6 is 22.9 Å². The van der Waals surface area contributed by atoms with Gasteiger partial charge in [0.2, 0.25) is 0 Å². The summed E-state index contributed by atoms with van der Waals surface area (Å²) in [6, 6.07) is 7.92. The predicted molar refractivity (Wildman–Crippen MR) is 104 cm³/mol. The molecule has 0 aliphatic carbocycles. The van der Waals surface area contributed by atoms with E-state index in [4.69, 9.17) is 11.6 Å². The highest BCUT2D eigenvalue weighted by Gasteiger charge is 2.17. The molecule has 0 saturated carbocycles. The molecule has 2 N–H and O–H groups in total. The van der Waals surface area contributed by atoms with Gasteiger partial charge in [-0.1, -0.05) is 44.5 Å². The summed E-state index contributed by atoms with van der Waals surface area (Å²) in [7, 11) is 1.77. The first-order valence-corrected chi connectivity index (χ1v) is 9.28. The van der Waals surface area contributed by atoms with Crippen LogP contribution in [0.15, 0.2) is 34.6 Å². The molecule has 0 spiro atoms. The Hall–Kier alpha value is -1.59. The lowest BCUT2D eigenvalue weighted by molar-refractivity contribution is 0.582. The Labute approximate surface area is 153 Å². The zero-order chi connectivity index (χ0) is 17.6. The highest BCUT2D eigenvalue weighted by molar-refractivity contribution is 7.09. The van der Waals surface area contributed by atoms with Crippen molar-refractivity contribution in [1.82, 2.24) is 15.6 Å². The second-order valence-corrected chi connectivity index (χ2v) is 7.92. The van der Waals surface area contributed by atoms with Crippen LogP contribution in [-0.4, -0.2) is 24.5 Å². The molecule has 0 saturated heterocycles. The summed E-state index contributed by atoms with van der Waals surface area (Å²) in [5.74, 6) is 0.780. The number of aliphatic imine (C=N–C) groups is 1. The molecular weight excluding hydrogens is 340 g/mol. The van der Waals surface area contributed by atoms with Gasteiger partial charge in [0.1, 0.15) is 0 Å². The molecule has 0 aliphatic heterocycles. The van der Waals surface area contributed by atoms with Crippen LogP contribution in [0, 0.1) is 0 Å². The third-order valence-corrected chi connectivity index (χ3v) is 5.00. The molecule has 24 heavy (non-hydrogen) atoms. The molecule has 4 nitrogen and oxygen atoms in total. The van der Waals surface area contributed by atoms with E-state index in [0.29, 0.717) is 6.54 Å². The molecule has 0 aliphatic rings. The van der Waals surface area contributed by atoms with Crippen molar-refractivity contribution in [2.75, 3.05) is 13.6 Å². The van der Waals surface area contributed by atoms with Gasteiger partial charge in [0, 0.05) is 29.4 Å². The Balaban J connectivity index is 1.79. The molecule has 0 radical (unpaired) electrons. The Morgan fingerprint density at radius 2 is 2.08 bits per heavy atom. The van der Waals surface area contributed by atoms with Gasteiger partial charge in [-0.3, -0.25) is 4.99 Å². The molecule has 0 fully saturated rings. The summed E-state index contributed by atoms with van der Waals surface area (Å²) in [6.45, 7) is 8.01. The van der Waals surface area contributed by atoms with Gasteiger partial charge in [-0.25, -0.2) is 4.98 Å². The molecule has 1 heterocycles. The average molecular weight is 365 g/mol. The highest BCUT2D eigenvalue weighted by Crippen LogP contribution is 2.25. The SMILES string of the molecule is CN=C(NCCc1cccc(Cl)c1)NCc1csc(C(C)(C)C)n1. The average Bonchev–Trinajstić information content (AvgIpc) is 3.00. The lowest BCUT2D eigenvalue weighted by Gasteiger charge is -2.14. The number of nitrogens with one attached hydrogen (secondary N) is 2. The molecule has 0 atom stereocenters.